The summed E-state index contributed by atoms with van der Waals surface area (Å²) in [6.45, 7) is 8.83. The minimum absolute atomic E-state index is 0.272. The van der Waals surface area contributed by atoms with Gasteiger partial charge in [0.2, 0.25) is 6.10 Å². The number of hydrogen-bond donors (Lipinski definition) is 1. The lowest BCUT2D eigenvalue weighted by atomic mass is 10.1. The summed E-state index contributed by atoms with van der Waals surface area (Å²) in [5.74, 6) is -0.272. The van der Waals surface area contributed by atoms with Crippen LogP contribution in [0.15, 0.2) is 29.6 Å². The van der Waals surface area contributed by atoms with Crippen LogP contribution in [0.25, 0.3) is 0 Å². The molecule has 0 bridgehead atoms. The van der Waals surface area contributed by atoms with Crippen molar-refractivity contribution in [2.24, 2.45) is 5.16 Å². The van der Waals surface area contributed by atoms with Gasteiger partial charge in [-0.1, -0.05) is 34.4 Å². The fourth-order valence-electron chi connectivity index (χ4n) is 3.71. The highest BCUT2D eigenvalue weighted by atomic mass is 35.5. The average molecular weight is 475 g/mol. The zero-order chi connectivity index (χ0) is 23.0. The van der Waals surface area contributed by atoms with E-state index in [4.69, 9.17) is 28.0 Å². The fraction of sp³-hybridized carbons (Fsp3) is 0.364. The summed E-state index contributed by atoms with van der Waals surface area (Å²) in [5, 5.41) is 17.2. The summed E-state index contributed by atoms with van der Waals surface area (Å²) >= 11 is 12.6. The van der Waals surface area contributed by atoms with Crippen molar-refractivity contribution in [2.45, 2.75) is 53.3 Å². The number of nitrogens with zero attached hydrogens (tertiary/aromatic N) is 5. The Morgan fingerprint density at radius 1 is 1.19 bits per heavy atom. The number of benzene rings is 1. The van der Waals surface area contributed by atoms with Crippen molar-refractivity contribution in [2.75, 3.05) is 5.32 Å². The van der Waals surface area contributed by atoms with E-state index in [0.717, 1.165) is 34.8 Å². The van der Waals surface area contributed by atoms with Gasteiger partial charge in [0.25, 0.3) is 5.91 Å². The first-order valence-corrected chi connectivity index (χ1v) is 11.1. The van der Waals surface area contributed by atoms with Gasteiger partial charge in [0.1, 0.15) is 0 Å². The molecule has 3 aromatic rings. The number of hydrogen-bond acceptors (Lipinski definition) is 5. The van der Waals surface area contributed by atoms with Crippen LogP contribution in [-0.4, -0.2) is 37.3 Å². The van der Waals surface area contributed by atoms with Crippen molar-refractivity contribution in [1.29, 1.82) is 0 Å². The van der Waals surface area contributed by atoms with Gasteiger partial charge in [-0.15, -0.1) is 0 Å². The molecule has 1 N–H and O–H groups in total. The second-order valence-electron chi connectivity index (χ2n) is 7.71. The number of aromatic nitrogens is 4. The first-order chi connectivity index (χ1) is 15.3. The van der Waals surface area contributed by atoms with E-state index < -0.39 is 6.10 Å². The van der Waals surface area contributed by atoms with Crippen molar-refractivity contribution in [3.8, 4) is 0 Å². The fourth-order valence-corrected chi connectivity index (χ4v) is 4.23. The molecule has 3 heterocycles. The highest BCUT2D eigenvalue weighted by molar-refractivity contribution is 6.36. The maximum atomic E-state index is 12.9. The summed E-state index contributed by atoms with van der Waals surface area (Å²) in [6.07, 6.45) is 1.59. The van der Waals surface area contributed by atoms with Crippen LogP contribution in [-0.2, 0) is 22.7 Å². The number of amides is 1. The number of nitrogens with one attached hydrogen (secondary N) is 1. The third kappa shape index (κ3) is 4.25. The van der Waals surface area contributed by atoms with Gasteiger partial charge >= 0.3 is 0 Å². The van der Waals surface area contributed by atoms with Gasteiger partial charge in [0.05, 0.1) is 35.0 Å². The van der Waals surface area contributed by atoms with Gasteiger partial charge in [-0.25, -0.2) is 0 Å². The SMILES string of the molecule is CCn1cc(C2=NOC(C(=O)Nc3c(C)nn(Cc4c(Cl)cccc4Cl)c3C)C2)c(C)n1. The molecule has 1 amide bonds. The lowest BCUT2D eigenvalue weighted by Crippen LogP contribution is -2.28. The molecule has 8 nitrogen and oxygen atoms in total. The Bertz CT molecular complexity index is 1190. The monoisotopic (exact) mass is 474 g/mol. The molecule has 32 heavy (non-hydrogen) atoms. The van der Waals surface area contributed by atoms with E-state index in [-0.39, 0.29) is 5.91 Å². The number of anilines is 1. The van der Waals surface area contributed by atoms with Crippen molar-refractivity contribution in [1.82, 2.24) is 19.6 Å². The lowest BCUT2D eigenvalue weighted by molar-refractivity contribution is -0.125. The lowest BCUT2D eigenvalue weighted by Gasteiger charge is -2.11. The Morgan fingerprint density at radius 2 is 1.91 bits per heavy atom. The quantitative estimate of drug-likeness (QED) is 0.569. The topological polar surface area (TPSA) is 86.3 Å². The van der Waals surface area contributed by atoms with Gasteiger partial charge in [0.15, 0.2) is 0 Å². The van der Waals surface area contributed by atoms with Crippen LogP contribution in [0.1, 0.15) is 41.6 Å². The van der Waals surface area contributed by atoms with Gasteiger partial charge in [-0.05, 0) is 39.8 Å². The molecule has 1 aliphatic rings. The van der Waals surface area contributed by atoms with E-state index in [1.54, 1.807) is 22.9 Å². The highest BCUT2D eigenvalue weighted by Gasteiger charge is 2.31. The Morgan fingerprint density at radius 3 is 2.56 bits per heavy atom. The third-order valence-electron chi connectivity index (χ3n) is 5.54. The second-order valence-corrected chi connectivity index (χ2v) is 8.53. The van der Waals surface area contributed by atoms with Crippen molar-refractivity contribution in [3.63, 3.8) is 0 Å². The van der Waals surface area contributed by atoms with Crippen LogP contribution in [0.3, 0.4) is 0 Å². The Hall–Kier alpha value is -2.84. The van der Waals surface area contributed by atoms with E-state index >= 15 is 0 Å². The molecule has 0 saturated heterocycles. The van der Waals surface area contributed by atoms with Crippen molar-refractivity contribution < 1.29 is 9.63 Å². The molecule has 1 unspecified atom stereocenters. The second kappa shape index (κ2) is 8.96. The minimum Gasteiger partial charge on any atom is -0.382 e. The predicted molar refractivity (Wildman–Crippen MR) is 125 cm³/mol. The molecule has 0 saturated carbocycles. The normalized spacial score (nSPS) is 15.6. The Kier molecular flexibility index (Phi) is 6.26. The first kappa shape index (κ1) is 22.4. The smallest absolute Gasteiger partial charge is 0.268 e. The molecule has 10 heteroatoms. The largest absolute Gasteiger partial charge is 0.382 e. The minimum atomic E-state index is -0.713. The Labute approximate surface area is 196 Å². The number of oxime groups is 1. The molecule has 4 rings (SSSR count). The Balaban J connectivity index is 1.47. The van der Waals surface area contributed by atoms with Crippen LogP contribution < -0.4 is 5.32 Å². The predicted octanol–water partition coefficient (Wildman–Crippen LogP) is 4.51. The van der Waals surface area contributed by atoms with E-state index in [1.165, 1.54) is 0 Å². The van der Waals surface area contributed by atoms with Crippen LogP contribution >= 0.6 is 23.2 Å². The van der Waals surface area contributed by atoms with Crippen molar-refractivity contribution >= 4 is 40.5 Å². The van der Waals surface area contributed by atoms with Crippen LogP contribution in [0, 0.1) is 20.8 Å². The van der Waals surface area contributed by atoms with Gasteiger partial charge in [0, 0.05) is 40.3 Å². The molecule has 1 atom stereocenters. The molecule has 0 aliphatic carbocycles. The molecular formula is C22H24Cl2N6O2. The first-order valence-electron chi connectivity index (χ1n) is 10.3. The van der Waals surface area contributed by atoms with E-state index in [2.05, 4.69) is 20.7 Å². The summed E-state index contributed by atoms with van der Waals surface area (Å²) in [5.41, 5.74) is 5.40. The van der Waals surface area contributed by atoms with Gasteiger partial charge in [-0.3, -0.25) is 14.2 Å². The molecule has 1 aliphatic heterocycles. The van der Waals surface area contributed by atoms with Gasteiger partial charge in [-0.2, -0.15) is 10.2 Å². The van der Waals surface area contributed by atoms with Crippen molar-refractivity contribution in [3.05, 3.63) is 62.6 Å². The number of aryl methyl sites for hydroxylation is 3. The number of halogens is 2. The zero-order valence-electron chi connectivity index (χ0n) is 18.3. The highest BCUT2D eigenvalue weighted by Crippen LogP contribution is 2.28. The number of carbonyl (C=O) groups excluding carboxylic acids is 1. The zero-order valence-corrected chi connectivity index (χ0v) is 19.8. The third-order valence-corrected chi connectivity index (χ3v) is 6.25. The standard InChI is InChI=1S/C22H24Cl2N6O2/c1-5-29-10-15(12(2)26-29)19-9-20(32-28-19)22(31)25-21-13(3)27-30(14(21)4)11-16-17(23)7-6-8-18(16)24/h6-8,10,20H,5,9,11H2,1-4H3,(H,25,31). The van der Waals surface area contributed by atoms with Gasteiger partial charge < -0.3 is 10.2 Å². The molecule has 0 radical (unpaired) electrons. The molecule has 2 aromatic heterocycles. The summed E-state index contributed by atoms with van der Waals surface area (Å²) in [6, 6.07) is 5.38. The maximum Gasteiger partial charge on any atom is 0.268 e. The van der Waals surface area contributed by atoms with Crippen LogP contribution in [0.2, 0.25) is 10.0 Å². The van der Waals surface area contributed by atoms with Crippen LogP contribution in [0.5, 0.6) is 0 Å². The van der Waals surface area contributed by atoms with E-state index in [9.17, 15) is 4.79 Å². The average Bonchev–Trinajstić information content (AvgIpc) is 3.45. The molecule has 168 valence electrons. The molecular weight excluding hydrogens is 451 g/mol. The number of carbonyl (C=O) groups is 1. The van der Waals surface area contributed by atoms with Crippen LogP contribution in [0.4, 0.5) is 5.69 Å². The molecule has 1 aromatic carbocycles. The van der Waals surface area contributed by atoms with E-state index in [1.807, 2.05) is 38.6 Å². The number of rotatable bonds is 6. The molecule has 0 spiro atoms. The summed E-state index contributed by atoms with van der Waals surface area (Å²) in [7, 11) is 0. The van der Waals surface area contributed by atoms with E-state index in [0.29, 0.717) is 34.4 Å². The maximum absolute atomic E-state index is 12.9. The summed E-state index contributed by atoms with van der Waals surface area (Å²) in [4.78, 5) is 18.4. The summed E-state index contributed by atoms with van der Waals surface area (Å²) < 4.78 is 3.62. The molecule has 0 fully saturated rings.